The zero-order valence-corrected chi connectivity index (χ0v) is 57.8. The van der Waals surface area contributed by atoms with E-state index in [-0.39, 0.29) is 104 Å². The molecule has 2 aliphatic heterocycles. The lowest BCUT2D eigenvalue weighted by Gasteiger charge is -2.27. The van der Waals surface area contributed by atoms with Gasteiger partial charge < -0.3 is 55.1 Å². The quantitative estimate of drug-likeness (QED) is 0.0196. The van der Waals surface area contributed by atoms with Gasteiger partial charge in [0, 0.05) is 103 Å². The molecule has 13 N–H and O–H groups in total. The van der Waals surface area contributed by atoms with Crippen molar-refractivity contribution in [1.29, 1.82) is 0 Å². The summed E-state index contributed by atoms with van der Waals surface area (Å²) in [6.07, 6.45) is 11.3. The monoisotopic (exact) mass is 1400 g/mol. The Hall–Kier alpha value is -9.87. The van der Waals surface area contributed by atoms with Crippen LogP contribution in [-0.2, 0) is 86.3 Å². The average molecular weight is 1400 g/mol. The molecule has 5 rings (SSSR count). The van der Waals surface area contributed by atoms with Gasteiger partial charge in [0.2, 0.25) is 11.8 Å². The van der Waals surface area contributed by atoms with Crippen LogP contribution in [0, 0.1) is 26.2 Å². The van der Waals surface area contributed by atoms with Crippen LogP contribution >= 0.6 is 0 Å². The van der Waals surface area contributed by atoms with Gasteiger partial charge in [-0.15, -0.1) is 0 Å². The summed E-state index contributed by atoms with van der Waals surface area (Å²) in [5, 5.41) is 60.6. The molecule has 34 nitrogen and oxygen atoms in total. The molecule has 0 radical (unpaired) electrons. The first-order valence-electron chi connectivity index (χ1n) is 32.8. The van der Waals surface area contributed by atoms with Crippen molar-refractivity contribution in [3.8, 4) is 0 Å². The number of esters is 2. The van der Waals surface area contributed by atoms with Gasteiger partial charge in [0.15, 0.2) is 0 Å². The minimum atomic E-state index is -1.30. The Morgan fingerprint density at radius 3 is 1.19 bits per heavy atom. The lowest BCUT2D eigenvalue weighted by Crippen LogP contribution is -2.49. The number of aliphatic carboxylic acids is 6. The van der Waals surface area contributed by atoms with E-state index in [1.165, 1.54) is 29.4 Å². The molecule has 2 aliphatic rings. The first kappa shape index (κ1) is 80.8. The minimum absolute atomic E-state index is 0.0490. The number of carboxylic acid groups (broad SMARTS) is 6. The van der Waals surface area contributed by atoms with Crippen LogP contribution in [0.1, 0.15) is 98.6 Å². The van der Waals surface area contributed by atoms with Gasteiger partial charge in [0.1, 0.15) is 0 Å². The van der Waals surface area contributed by atoms with Gasteiger partial charge in [-0.2, -0.15) is 0 Å². The fourth-order valence-electron chi connectivity index (χ4n) is 11.6. The highest BCUT2D eigenvalue weighted by molar-refractivity contribution is 6.16. The number of allylic oxidation sites excluding steroid dienone is 2. The third-order valence-corrected chi connectivity index (χ3v) is 16.9. The first-order chi connectivity index (χ1) is 47.3. The Kier molecular flexibility index (Phi) is 31.6. The first-order valence-corrected chi connectivity index (χ1v) is 32.8. The fourth-order valence-corrected chi connectivity index (χ4v) is 11.6. The normalized spacial score (nSPS) is 14.7. The standard InChI is InChI=1S/C66H94N14O20/c1-9-44-40(5)48-26-49-42(7)46(14-16-55(82)72-74-57(84)31-78(35-61(91)92)22-18-76(33-59(87)88)20-24-80(37-63(95)96)39-65(98)100-12-4)51(69-49)27-50-45(41(6)47(68-50)25-43-29-66(8,10-2)53(67-43)28-52(44)70-48)13-15-54(81)71-73-56(83)30-77(34-60(89)90)21-17-75(32-58(85)86)19-23-79(36-62(93)94)38-64(97)99-11-3/h25-29,68-70H,9-24,30-39H2,1-8H3,(H,71,81)(H,72,82)(H,73,83)(H,74,84)(H,85,86)(H,87,88)(H,89,90)(H,91,92)(H,93,94)(H,95,96)/b47-25-,48-26?,50-27-,52-28?. The van der Waals surface area contributed by atoms with Crippen LogP contribution in [0.3, 0.4) is 0 Å². The van der Waals surface area contributed by atoms with Crippen molar-refractivity contribution >= 4 is 101 Å². The molecule has 1 unspecified atom stereocenters. The highest BCUT2D eigenvalue weighted by Gasteiger charge is 2.31. The second kappa shape index (κ2) is 39.1. The molecular formula is C66H94N14O20. The van der Waals surface area contributed by atoms with Crippen molar-refractivity contribution in [2.75, 3.05) is 131 Å². The van der Waals surface area contributed by atoms with E-state index < -0.39 is 129 Å². The number of carbonyl (C=O) groups is 12. The van der Waals surface area contributed by atoms with E-state index in [0.717, 1.165) is 45.1 Å². The highest BCUT2D eigenvalue weighted by Crippen LogP contribution is 2.34. The van der Waals surface area contributed by atoms with E-state index in [2.05, 4.69) is 69.6 Å². The Balaban J connectivity index is 1.38. The van der Waals surface area contributed by atoms with Crippen molar-refractivity contribution in [3.63, 3.8) is 0 Å². The molecule has 0 aromatic carbocycles. The van der Waals surface area contributed by atoms with E-state index in [4.69, 9.17) is 14.5 Å². The fraction of sp³-hybridized carbons (Fsp3) is 0.530. The van der Waals surface area contributed by atoms with Crippen molar-refractivity contribution in [2.45, 2.75) is 93.9 Å². The van der Waals surface area contributed by atoms with Gasteiger partial charge in [-0.1, -0.05) is 20.8 Å². The number of aliphatic imine (C=N–C) groups is 1. The number of rotatable bonds is 42. The third kappa shape index (κ3) is 26.1. The molecule has 3 aromatic rings. The van der Waals surface area contributed by atoms with E-state index in [0.29, 0.717) is 45.3 Å². The Morgan fingerprint density at radius 1 is 0.420 bits per heavy atom. The molecule has 0 saturated carbocycles. The summed E-state index contributed by atoms with van der Waals surface area (Å²) in [4.78, 5) is 173. The molecule has 3 aromatic heterocycles. The highest BCUT2D eigenvalue weighted by atomic mass is 16.5. The molecule has 0 aliphatic carbocycles. The van der Waals surface area contributed by atoms with Gasteiger partial charge >= 0.3 is 47.8 Å². The smallest absolute Gasteiger partial charge is 0.320 e. The van der Waals surface area contributed by atoms with Gasteiger partial charge in [0.25, 0.3) is 11.8 Å². The van der Waals surface area contributed by atoms with Gasteiger partial charge in [-0.3, -0.25) is 114 Å². The van der Waals surface area contributed by atoms with Crippen LogP contribution in [0.25, 0.3) is 24.3 Å². The molecule has 5 heterocycles. The third-order valence-electron chi connectivity index (χ3n) is 16.9. The summed E-state index contributed by atoms with van der Waals surface area (Å²) in [6, 6.07) is 0. The number of amides is 4. The Morgan fingerprint density at radius 2 is 0.780 bits per heavy atom. The van der Waals surface area contributed by atoms with Crippen LogP contribution in [0.4, 0.5) is 0 Å². The minimum Gasteiger partial charge on any atom is -0.480 e. The number of hydrogen-bond donors (Lipinski definition) is 13. The van der Waals surface area contributed by atoms with Crippen molar-refractivity contribution < 1.29 is 97.6 Å². The Labute approximate surface area is 576 Å². The van der Waals surface area contributed by atoms with Crippen LogP contribution in [0.2, 0.25) is 0 Å². The predicted molar refractivity (Wildman–Crippen MR) is 361 cm³/mol. The number of nitrogens with one attached hydrogen (secondary N) is 7. The van der Waals surface area contributed by atoms with E-state index >= 15 is 0 Å². The maximum absolute atomic E-state index is 13.7. The number of H-pyrrole nitrogens is 3. The van der Waals surface area contributed by atoms with E-state index in [9.17, 15) is 88.2 Å². The zero-order valence-electron chi connectivity index (χ0n) is 57.8. The zero-order chi connectivity index (χ0) is 74.0. The van der Waals surface area contributed by atoms with Crippen LogP contribution in [-0.4, -0.2) is 283 Å². The largest absolute Gasteiger partial charge is 0.480 e. The molecule has 100 heavy (non-hydrogen) atoms. The molecule has 1 atom stereocenters. The van der Waals surface area contributed by atoms with Gasteiger partial charge in [0.05, 0.1) is 90.1 Å². The second-order valence-corrected chi connectivity index (χ2v) is 24.5. The molecular weight excluding hydrogens is 1310 g/mol. The molecule has 0 saturated heterocycles. The lowest BCUT2D eigenvalue weighted by atomic mass is 9.83. The molecule has 0 fully saturated rings. The topological polar surface area (TPSA) is 472 Å². The molecule has 8 bridgehead atoms. The van der Waals surface area contributed by atoms with E-state index in [1.54, 1.807) is 13.8 Å². The number of aromatic amines is 3. The maximum atomic E-state index is 13.7. The van der Waals surface area contributed by atoms with Crippen LogP contribution in [0.15, 0.2) is 16.8 Å². The van der Waals surface area contributed by atoms with Crippen LogP contribution in [0.5, 0.6) is 0 Å². The van der Waals surface area contributed by atoms with Crippen molar-refractivity contribution in [3.05, 3.63) is 77.9 Å². The number of nitrogens with zero attached hydrogens (tertiary/aromatic N) is 7. The average Bonchev–Trinajstić information content (AvgIpc) is 1.62. The number of aromatic nitrogens is 3. The Bertz CT molecular complexity index is 3830. The molecule has 4 amide bonds. The van der Waals surface area contributed by atoms with Gasteiger partial charge in [-0.25, -0.2) is 0 Å². The number of ether oxygens (including phenoxy) is 2. The lowest BCUT2D eigenvalue weighted by molar-refractivity contribution is -0.148. The molecule has 0 spiro atoms. The summed E-state index contributed by atoms with van der Waals surface area (Å²) < 4.78 is 9.86. The summed E-state index contributed by atoms with van der Waals surface area (Å²) in [5.74, 6) is -11.7. The SMILES string of the molecule is CCOC(=O)CN(CCN(CCN(CC(=O)O)CC(=O)NNC(=O)CCc1c2[nH]c(c1C)C=c1[nH]c(c(CC)c1C)=CC1=NC(=CC1(C)CC)/C=c1\[nH]/c(c(CCC(=O)NNC(=O)CN(CCN(CCN(CC(=O)O)CC(=O)OCC)CC(=O)O)CC(=O)O)c1C)=C\2)CC(=O)O)CC(=O)O. The number of hydrazine groups is 2. The summed E-state index contributed by atoms with van der Waals surface area (Å²) >= 11 is 0. The number of hydrogen-bond acceptors (Lipinski definition) is 21. The van der Waals surface area contributed by atoms with Crippen LogP contribution < -0.4 is 43.1 Å². The maximum Gasteiger partial charge on any atom is 0.320 e. The predicted octanol–water partition coefficient (Wildman–Crippen LogP) is -3.25. The molecule has 34 heteroatoms. The summed E-state index contributed by atoms with van der Waals surface area (Å²) in [5.41, 5.74) is 17.0. The molecule has 548 valence electrons. The number of carbonyl (C=O) groups excluding carboxylic acids is 6. The van der Waals surface area contributed by atoms with Gasteiger partial charge in [-0.05, 0) is 124 Å². The number of fused-ring (bicyclic) bond motifs is 7. The number of carboxylic acids is 6. The summed E-state index contributed by atoms with van der Waals surface area (Å²) in [7, 11) is 0. The summed E-state index contributed by atoms with van der Waals surface area (Å²) in [6.45, 7) is 9.42. The van der Waals surface area contributed by atoms with E-state index in [1.807, 2.05) is 39.0 Å². The van der Waals surface area contributed by atoms with Crippen molar-refractivity contribution in [1.82, 2.24) is 66.1 Å². The second-order valence-electron chi connectivity index (χ2n) is 24.5. The van der Waals surface area contributed by atoms with Crippen molar-refractivity contribution in [2.24, 2.45) is 10.4 Å².